The highest BCUT2D eigenvalue weighted by atomic mass is 35.5. The van der Waals surface area contributed by atoms with Gasteiger partial charge in [-0.15, -0.1) is 0 Å². The lowest BCUT2D eigenvalue weighted by atomic mass is 10.1. The van der Waals surface area contributed by atoms with Crippen LogP contribution in [0.15, 0.2) is 30.3 Å². The van der Waals surface area contributed by atoms with Crippen molar-refractivity contribution in [3.8, 4) is 0 Å². The minimum Gasteiger partial charge on any atom is -0.302 e. The van der Waals surface area contributed by atoms with Crippen LogP contribution in [0.25, 0.3) is 10.3 Å². The Balaban J connectivity index is 1.76. The van der Waals surface area contributed by atoms with Crippen molar-refractivity contribution in [1.29, 1.82) is 0 Å². The Morgan fingerprint density at radius 1 is 1.23 bits per heavy atom. The number of carbonyl (C=O) groups excluding carboxylic acids is 1. The van der Waals surface area contributed by atoms with Crippen LogP contribution in [0, 0.1) is 13.8 Å². The summed E-state index contributed by atoms with van der Waals surface area (Å²) in [5.74, 6) is -0.101. The number of nitrogens with zero attached hydrogens (tertiary/aromatic N) is 2. The zero-order chi connectivity index (χ0) is 15.7. The third-order valence-electron chi connectivity index (χ3n) is 3.20. The standard InChI is InChI=1S/C16H14ClN3OS/c1-9-7-10(2)18-15-14(9)22-16(20-15)19-13(21)8-11-3-5-12(17)6-4-11/h3-7H,8H2,1-2H3,(H,18,19,20,21). The topological polar surface area (TPSA) is 54.9 Å². The van der Waals surface area contributed by atoms with E-state index in [1.165, 1.54) is 11.3 Å². The summed E-state index contributed by atoms with van der Waals surface area (Å²) in [5.41, 5.74) is 3.64. The summed E-state index contributed by atoms with van der Waals surface area (Å²) >= 11 is 7.28. The molecule has 0 saturated heterocycles. The van der Waals surface area contributed by atoms with Gasteiger partial charge < -0.3 is 5.32 Å². The number of hydrogen-bond donors (Lipinski definition) is 1. The number of anilines is 1. The first kappa shape index (κ1) is 14.9. The summed E-state index contributed by atoms with van der Waals surface area (Å²) in [7, 11) is 0. The van der Waals surface area contributed by atoms with Gasteiger partial charge in [-0.3, -0.25) is 4.79 Å². The van der Waals surface area contributed by atoms with Gasteiger partial charge in [0, 0.05) is 10.7 Å². The van der Waals surface area contributed by atoms with Crippen LogP contribution in [0.3, 0.4) is 0 Å². The second-order valence-electron chi connectivity index (χ2n) is 5.10. The molecule has 22 heavy (non-hydrogen) atoms. The van der Waals surface area contributed by atoms with Crippen molar-refractivity contribution < 1.29 is 4.79 Å². The minimum atomic E-state index is -0.101. The number of aromatic nitrogens is 2. The van der Waals surface area contributed by atoms with Crippen LogP contribution in [0.2, 0.25) is 5.02 Å². The summed E-state index contributed by atoms with van der Waals surface area (Å²) in [5, 5.41) is 4.07. The predicted octanol–water partition coefficient (Wildman–Crippen LogP) is 4.14. The third-order valence-corrected chi connectivity index (χ3v) is 4.55. The van der Waals surface area contributed by atoms with E-state index in [-0.39, 0.29) is 5.91 Å². The number of aryl methyl sites for hydroxylation is 2. The molecule has 0 fully saturated rings. The predicted molar refractivity (Wildman–Crippen MR) is 90.7 cm³/mol. The second kappa shape index (κ2) is 6.02. The van der Waals surface area contributed by atoms with E-state index in [4.69, 9.17) is 11.6 Å². The summed E-state index contributed by atoms with van der Waals surface area (Å²) in [4.78, 5) is 20.9. The molecule has 3 rings (SSSR count). The van der Waals surface area contributed by atoms with Gasteiger partial charge in [0.2, 0.25) is 5.91 Å². The van der Waals surface area contributed by atoms with Gasteiger partial charge in [0.05, 0.1) is 11.1 Å². The van der Waals surface area contributed by atoms with Crippen molar-refractivity contribution in [3.63, 3.8) is 0 Å². The molecule has 0 atom stereocenters. The first-order chi connectivity index (χ1) is 10.5. The number of halogens is 1. The Labute approximate surface area is 137 Å². The Hall–Kier alpha value is -1.98. The zero-order valence-corrected chi connectivity index (χ0v) is 13.8. The van der Waals surface area contributed by atoms with E-state index in [0.717, 1.165) is 21.5 Å². The first-order valence-electron chi connectivity index (χ1n) is 6.80. The number of fused-ring (bicyclic) bond motifs is 1. The quantitative estimate of drug-likeness (QED) is 0.784. The molecule has 2 aromatic heterocycles. The van der Waals surface area contributed by atoms with Gasteiger partial charge in [-0.2, -0.15) is 4.98 Å². The maximum absolute atomic E-state index is 12.1. The van der Waals surface area contributed by atoms with Crippen LogP contribution in [0.4, 0.5) is 5.13 Å². The maximum atomic E-state index is 12.1. The second-order valence-corrected chi connectivity index (χ2v) is 6.54. The van der Waals surface area contributed by atoms with Crippen molar-refractivity contribution in [3.05, 3.63) is 52.2 Å². The van der Waals surface area contributed by atoms with Crippen LogP contribution in [-0.2, 0) is 11.2 Å². The van der Waals surface area contributed by atoms with Crippen molar-refractivity contribution in [2.75, 3.05) is 5.32 Å². The Morgan fingerprint density at radius 2 is 1.95 bits per heavy atom. The highest BCUT2D eigenvalue weighted by molar-refractivity contribution is 7.22. The van der Waals surface area contributed by atoms with Crippen LogP contribution >= 0.6 is 22.9 Å². The normalized spacial score (nSPS) is 10.9. The summed E-state index contributed by atoms with van der Waals surface area (Å²) in [6, 6.07) is 9.25. The number of rotatable bonds is 3. The van der Waals surface area contributed by atoms with E-state index in [1.807, 2.05) is 32.0 Å². The Morgan fingerprint density at radius 3 is 2.68 bits per heavy atom. The van der Waals surface area contributed by atoms with Gasteiger partial charge in [-0.1, -0.05) is 35.1 Å². The fraction of sp³-hybridized carbons (Fsp3) is 0.188. The Bertz CT molecular complexity index is 842. The molecule has 0 aliphatic heterocycles. The van der Waals surface area contributed by atoms with Crippen LogP contribution in [0.5, 0.6) is 0 Å². The summed E-state index contributed by atoms with van der Waals surface area (Å²) in [6.07, 6.45) is 0.290. The summed E-state index contributed by atoms with van der Waals surface area (Å²) < 4.78 is 1.01. The smallest absolute Gasteiger partial charge is 0.230 e. The molecule has 0 saturated carbocycles. The number of pyridine rings is 1. The van der Waals surface area contributed by atoms with Crippen LogP contribution in [0.1, 0.15) is 16.8 Å². The van der Waals surface area contributed by atoms with Crippen molar-refractivity contribution in [2.24, 2.45) is 0 Å². The highest BCUT2D eigenvalue weighted by Crippen LogP contribution is 2.28. The maximum Gasteiger partial charge on any atom is 0.230 e. The molecule has 1 aromatic carbocycles. The molecule has 3 aromatic rings. The van der Waals surface area contributed by atoms with E-state index >= 15 is 0 Å². The van der Waals surface area contributed by atoms with E-state index in [1.54, 1.807) is 12.1 Å². The van der Waals surface area contributed by atoms with Gasteiger partial charge in [-0.25, -0.2) is 4.98 Å². The zero-order valence-electron chi connectivity index (χ0n) is 12.2. The fourth-order valence-electron chi connectivity index (χ4n) is 2.23. The van der Waals surface area contributed by atoms with E-state index < -0.39 is 0 Å². The van der Waals surface area contributed by atoms with Gasteiger partial charge in [0.15, 0.2) is 10.8 Å². The van der Waals surface area contributed by atoms with E-state index in [0.29, 0.717) is 22.2 Å². The number of thiazole rings is 1. The molecule has 1 amide bonds. The lowest BCUT2D eigenvalue weighted by Gasteiger charge is -2.01. The summed E-state index contributed by atoms with van der Waals surface area (Å²) in [6.45, 7) is 3.96. The molecular weight excluding hydrogens is 318 g/mol. The minimum absolute atomic E-state index is 0.101. The SMILES string of the molecule is Cc1cc(C)c2sc(NC(=O)Cc3ccc(Cl)cc3)nc2n1. The third kappa shape index (κ3) is 3.26. The number of nitrogens with one attached hydrogen (secondary N) is 1. The molecule has 0 spiro atoms. The molecule has 0 aliphatic rings. The number of carbonyl (C=O) groups is 1. The first-order valence-corrected chi connectivity index (χ1v) is 8.00. The molecule has 4 nitrogen and oxygen atoms in total. The molecule has 0 radical (unpaired) electrons. The van der Waals surface area contributed by atoms with Gasteiger partial charge in [-0.05, 0) is 43.2 Å². The monoisotopic (exact) mass is 331 g/mol. The van der Waals surface area contributed by atoms with Crippen LogP contribution in [-0.4, -0.2) is 15.9 Å². The highest BCUT2D eigenvalue weighted by Gasteiger charge is 2.11. The average Bonchev–Trinajstić information content (AvgIpc) is 2.84. The molecule has 0 bridgehead atoms. The molecule has 112 valence electrons. The number of benzene rings is 1. The lowest BCUT2D eigenvalue weighted by molar-refractivity contribution is -0.115. The van der Waals surface area contributed by atoms with Crippen molar-refractivity contribution >= 4 is 44.3 Å². The fourth-order valence-corrected chi connectivity index (χ4v) is 3.25. The average molecular weight is 332 g/mol. The number of hydrogen-bond acceptors (Lipinski definition) is 4. The number of amides is 1. The van der Waals surface area contributed by atoms with Gasteiger partial charge >= 0.3 is 0 Å². The van der Waals surface area contributed by atoms with Crippen molar-refractivity contribution in [2.45, 2.75) is 20.3 Å². The van der Waals surface area contributed by atoms with Gasteiger partial charge in [0.25, 0.3) is 0 Å². The lowest BCUT2D eigenvalue weighted by Crippen LogP contribution is -2.14. The molecule has 6 heteroatoms. The van der Waals surface area contributed by atoms with E-state index in [2.05, 4.69) is 15.3 Å². The van der Waals surface area contributed by atoms with Crippen LogP contribution < -0.4 is 5.32 Å². The molecule has 2 heterocycles. The van der Waals surface area contributed by atoms with Crippen molar-refractivity contribution in [1.82, 2.24) is 9.97 Å². The molecule has 0 aliphatic carbocycles. The van der Waals surface area contributed by atoms with Gasteiger partial charge in [0.1, 0.15) is 0 Å². The molecule has 0 unspecified atom stereocenters. The molecule has 1 N–H and O–H groups in total. The van der Waals surface area contributed by atoms with E-state index in [9.17, 15) is 4.79 Å². The Kier molecular flexibility index (Phi) is 4.09. The largest absolute Gasteiger partial charge is 0.302 e. The molecular formula is C16H14ClN3OS.